The molecule has 4 heterocycles. The van der Waals surface area contributed by atoms with Crippen LogP contribution in [-0.2, 0) is 22.3 Å². The van der Waals surface area contributed by atoms with Crippen molar-refractivity contribution in [1.82, 2.24) is 24.4 Å². The maximum absolute atomic E-state index is 13.6. The van der Waals surface area contributed by atoms with Crippen LogP contribution in [0.2, 0.25) is 5.15 Å². The number of hydrogen-bond donors (Lipinski definition) is 2. The van der Waals surface area contributed by atoms with E-state index < -0.39 is 17.8 Å². The van der Waals surface area contributed by atoms with E-state index in [1.165, 1.54) is 17.0 Å². The van der Waals surface area contributed by atoms with Crippen molar-refractivity contribution in [2.24, 2.45) is 5.92 Å². The fourth-order valence-electron chi connectivity index (χ4n) is 5.23. The molecule has 1 saturated carbocycles. The fraction of sp³-hybridized carbons (Fsp3) is 0.292. The number of benzene rings is 1. The summed E-state index contributed by atoms with van der Waals surface area (Å²) in [6, 6.07) is 7.29. The molecule has 0 radical (unpaired) electrons. The summed E-state index contributed by atoms with van der Waals surface area (Å²) in [5.74, 6) is -0.216. The number of nitrogens with one attached hydrogen (secondary N) is 1. The second-order valence-electron chi connectivity index (χ2n) is 9.22. The zero-order valence-corrected chi connectivity index (χ0v) is 19.8. The van der Waals surface area contributed by atoms with Crippen molar-refractivity contribution >= 4 is 57.0 Å². The number of alkyl halides is 3. The summed E-state index contributed by atoms with van der Waals surface area (Å²) in [5.41, 5.74) is 5.77. The summed E-state index contributed by atoms with van der Waals surface area (Å²) in [5, 5.41) is 3.38. The predicted octanol–water partition coefficient (Wildman–Crippen LogP) is 3.86. The fourth-order valence-corrected chi connectivity index (χ4v) is 5.39. The van der Waals surface area contributed by atoms with Crippen LogP contribution in [0.1, 0.15) is 18.4 Å². The van der Waals surface area contributed by atoms with E-state index in [1.807, 2.05) is 0 Å². The third kappa shape index (κ3) is 4.01. The van der Waals surface area contributed by atoms with E-state index >= 15 is 0 Å². The molecule has 1 aromatic carbocycles. The Bertz CT molecular complexity index is 1590. The second kappa shape index (κ2) is 8.30. The van der Waals surface area contributed by atoms with E-state index in [0.29, 0.717) is 11.9 Å². The monoisotopic (exact) mass is 529 g/mol. The molecule has 37 heavy (non-hydrogen) atoms. The van der Waals surface area contributed by atoms with Crippen molar-refractivity contribution in [3.05, 3.63) is 53.4 Å². The van der Waals surface area contributed by atoms with E-state index in [0.717, 1.165) is 18.6 Å². The molecule has 0 spiro atoms. The van der Waals surface area contributed by atoms with E-state index in [-0.39, 0.29) is 63.5 Å². The number of nitrogen functional groups attached to an aromatic ring is 1. The number of anilines is 2. The number of nitrogens with two attached hydrogens (primary N) is 1. The highest BCUT2D eigenvalue weighted by molar-refractivity contribution is 6.29. The Labute approximate surface area is 212 Å². The van der Waals surface area contributed by atoms with Gasteiger partial charge in [-0.1, -0.05) is 17.7 Å². The van der Waals surface area contributed by atoms with Crippen LogP contribution in [-0.4, -0.2) is 48.3 Å². The topological polar surface area (TPSA) is 119 Å². The maximum Gasteiger partial charge on any atom is 0.416 e. The summed E-state index contributed by atoms with van der Waals surface area (Å²) < 4.78 is 41.7. The molecule has 9 nitrogen and oxygen atoms in total. The summed E-state index contributed by atoms with van der Waals surface area (Å²) in [4.78, 5) is 40.5. The first-order valence-electron chi connectivity index (χ1n) is 11.5. The van der Waals surface area contributed by atoms with E-state index in [1.54, 1.807) is 23.1 Å². The Morgan fingerprint density at radius 3 is 2.73 bits per heavy atom. The number of nitrogens with zero attached hydrogens (tertiary/aromatic N) is 5. The zero-order chi connectivity index (χ0) is 26.1. The molecular formula is C24H19ClF3N7O2. The van der Waals surface area contributed by atoms with Gasteiger partial charge in [0.15, 0.2) is 0 Å². The van der Waals surface area contributed by atoms with Gasteiger partial charge in [0.1, 0.15) is 41.3 Å². The number of carbonyl (C=O) groups excluding carboxylic acids is 2. The van der Waals surface area contributed by atoms with Crippen LogP contribution < -0.4 is 11.1 Å². The largest absolute Gasteiger partial charge is 0.416 e. The Hall–Kier alpha value is -3.93. The van der Waals surface area contributed by atoms with Crippen LogP contribution in [0.15, 0.2) is 42.7 Å². The molecule has 4 aromatic rings. The highest BCUT2D eigenvalue weighted by atomic mass is 35.5. The average Bonchev–Trinajstić information content (AvgIpc) is 3.38. The quantitative estimate of drug-likeness (QED) is 0.387. The summed E-state index contributed by atoms with van der Waals surface area (Å²) in [7, 11) is 0. The molecule has 6 rings (SSSR count). The highest BCUT2D eigenvalue weighted by Crippen LogP contribution is 2.48. The normalized spacial score (nSPS) is 20.9. The van der Waals surface area contributed by atoms with Crippen molar-refractivity contribution in [2.75, 3.05) is 11.1 Å². The van der Waals surface area contributed by atoms with Crippen molar-refractivity contribution < 1.29 is 22.8 Å². The molecule has 3 N–H and O–H groups in total. The molecule has 0 unspecified atom stereocenters. The van der Waals surface area contributed by atoms with Crippen molar-refractivity contribution in [3.63, 3.8) is 0 Å². The van der Waals surface area contributed by atoms with Gasteiger partial charge in [-0.25, -0.2) is 15.0 Å². The number of carbonyl (C=O) groups is 2. The van der Waals surface area contributed by atoms with Crippen LogP contribution >= 0.6 is 11.6 Å². The molecule has 3 atom stereocenters. The third-order valence-electron chi connectivity index (χ3n) is 6.95. The number of fused-ring (bicyclic) bond motifs is 4. The van der Waals surface area contributed by atoms with Gasteiger partial charge in [0.2, 0.25) is 11.8 Å². The highest BCUT2D eigenvalue weighted by Gasteiger charge is 2.56. The lowest BCUT2D eigenvalue weighted by Crippen LogP contribution is -2.46. The number of amides is 2. The van der Waals surface area contributed by atoms with E-state index in [4.69, 9.17) is 17.3 Å². The summed E-state index contributed by atoms with van der Waals surface area (Å²) in [6.45, 7) is -0.232. The predicted molar refractivity (Wildman–Crippen MR) is 129 cm³/mol. The van der Waals surface area contributed by atoms with Gasteiger partial charge in [-0.2, -0.15) is 13.2 Å². The molecule has 2 fully saturated rings. The van der Waals surface area contributed by atoms with Crippen molar-refractivity contribution in [2.45, 2.75) is 37.6 Å². The second-order valence-corrected chi connectivity index (χ2v) is 9.61. The molecule has 0 bridgehead atoms. The van der Waals surface area contributed by atoms with Crippen LogP contribution in [0.3, 0.4) is 0 Å². The van der Waals surface area contributed by atoms with E-state index in [9.17, 15) is 22.8 Å². The molecule has 13 heteroatoms. The number of aromatic nitrogens is 4. The minimum Gasteiger partial charge on any atom is -0.383 e. The molecule has 1 saturated heterocycles. The van der Waals surface area contributed by atoms with Crippen LogP contribution in [0.5, 0.6) is 0 Å². The Morgan fingerprint density at radius 1 is 1.16 bits per heavy atom. The number of rotatable bonds is 4. The molecule has 3 aromatic heterocycles. The molecular weight excluding hydrogens is 511 g/mol. The standard InChI is InChI=1S/C24H19ClF3N7O2/c25-17-2-1-3-18(32-17)33-23(37)16-7-11-6-15(11)35(16)19(36)9-34-14-5-4-12(24(26,27)28)8-13(14)20-21(29)30-10-31-22(20)34/h1-5,8,10-11,15-16H,6-7,9H2,(H2,29,30,31)(H,32,33,37)/t11-,15-,16+/m1/s1. The maximum atomic E-state index is 13.6. The van der Waals surface area contributed by atoms with Crippen LogP contribution in [0.25, 0.3) is 21.9 Å². The Kier molecular flexibility index (Phi) is 5.26. The average molecular weight is 530 g/mol. The van der Waals surface area contributed by atoms with E-state index in [2.05, 4.69) is 20.3 Å². The number of halogens is 4. The zero-order valence-electron chi connectivity index (χ0n) is 19.0. The van der Waals surface area contributed by atoms with Crippen molar-refractivity contribution in [1.29, 1.82) is 0 Å². The smallest absolute Gasteiger partial charge is 0.383 e. The SMILES string of the molecule is Nc1ncnc2c1c1cc(C(F)(F)F)ccc1n2CC(=O)N1[C@@H]2C[C@@H]2C[C@H]1C(=O)Nc1cccc(Cl)n1. The van der Waals surface area contributed by atoms with Crippen LogP contribution in [0, 0.1) is 5.92 Å². The lowest BCUT2D eigenvalue weighted by Gasteiger charge is -2.27. The van der Waals surface area contributed by atoms with Gasteiger partial charge in [-0.3, -0.25) is 9.59 Å². The van der Waals surface area contributed by atoms with Gasteiger partial charge < -0.3 is 20.5 Å². The first-order valence-corrected chi connectivity index (χ1v) is 11.8. The third-order valence-corrected chi connectivity index (χ3v) is 7.16. The Balaban J connectivity index is 1.34. The molecule has 2 amide bonds. The first-order chi connectivity index (χ1) is 17.6. The minimum absolute atomic E-state index is 0.00947. The first kappa shape index (κ1) is 23.5. The molecule has 1 aliphatic heterocycles. The number of hydrogen-bond acceptors (Lipinski definition) is 6. The molecule has 2 aliphatic rings. The van der Waals surface area contributed by atoms with Gasteiger partial charge in [-0.05, 0) is 49.1 Å². The summed E-state index contributed by atoms with van der Waals surface area (Å²) in [6.07, 6.45) is -2.05. The minimum atomic E-state index is -4.56. The van der Waals surface area contributed by atoms with Gasteiger partial charge >= 0.3 is 6.18 Å². The lowest BCUT2D eigenvalue weighted by molar-refractivity contribution is -0.138. The van der Waals surface area contributed by atoms with Crippen LogP contribution in [0.4, 0.5) is 24.8 Å². The van der Waals surface area contributed by atoms with Gasteiger partial charge in [0.05, 0.1) is 16.5 Å². The summed E-state index contributed by atoms with van der Waals surface area (Å²) >= 11 is 5.91. The number of likely N-dealkylation sites (tertiary alicyclic amines) is 1. The number of piperidine rings is 1. The Morgan fingerprint density at radius 2 is 1.97 bits per heavy atom. The van der Waals surface area contributed by atoms with Gasteiger partial charge in [0.25, 0.3) is 0 Å². The molecule has 1 aliphatic carbocycles. The van der Waals surface area contributed by atoms with Gasteiger partial charge in [0, 0.05) is 11.4 Å². The molecule has 190 valence electrons. The lowest BCUT2D eigenvalue weighted by atomic mass is 10.1. The number of pyridine rings is 1. The van der Waals surface area contributed by atoms with Crippen molar-refractivity contribution in [3.8, 4) is 0 Å². The van der Waals surface area contributed by atoms with Gasteiger partial charge in [-0.15, -0.1) is 0 Å².